The predicted molar refractivity (Wildman–Crippen MR) is 153 cm³/mol. The molecule has 0 atom stereocenters. The Labute approximate surface area is 231 Å². The van der Waals surface area contributed by atoms with Crippen LogP contribution in [0.25, 0.3) is 11.3 Å². The number of aromatic nitrogens is 6. The molecule has 3 aromatic heterocycles. The van der Waals surface area contributed by atoms with Crippen molar-refractivity contribution in [2.24, 2.45) is 12.8 Å². The minimum Gasteiger partial charge on any atom is -0.494 e. The van der Waals surface area contributed by atoms with Crippen molar-refractivity contribution in [1.82, 2.24) is 29.8 Å². The fraction of sp³-hybridized carbons (Fsp3) is 0.370. The van der Waals surface area contributed by atoms with Gasteiger partial charge in [-0.25, -0.2) is 0 Å². The molecule has 1 amide bonds. The SMILES string of the molecule is CCn1ccc(Nc2cc(Nc3cccc(-c4cc(P(=O)(C5CC5)C5CC5)n(C)n4)c3OC)c(C(N)=O)nn2)n1. The van der Waals surface area contributed by atoms with Crippen molar-refractivity contribution >= 4 is 41.5 Å². The molecule has 208 valence electrons. The lowest BCUT2D eigenvalue weighted by atomic mass is 10.1. The van der Waals surface area contributed by atoms with Crippen LogP contribution in [0.4, 0.5) is 23.0 Å². The molecule has 1 aromatic carbocycles. The molecule has 40 heavy (non-hydrogen) atoms. The van der Waals surface area contributed by atoms with Crippen LogP contribution in [0.5, 0.6) is 5.75 Å². The molecule has 2 saturated carbocycles. The van der Waals surface area contributed by atoms with E-state index in [1.165, 1.54) is 0 Å². The maximum Gasteiger partial charge on any atom is 0.271 e. The first-order valence-corrected chi connectivity index (χ1v) is 15.2. The van der Waals surface area contributed by atoms with Gasteiger partial charge in [0.1, 0.15) is 7.14 Å². The number of carbonyl (C=O) groups is 1. The van der Waals surface area contributed by atoms with Crippen molar-refractivity contribution in [3.05, 3.63) is 48.3 Å². The molecular weight excluding hydrogens is 529 g/mol. The molecule has 4 N–H and O–H groups in total. The Balaban J connectivity index is 1.35. The van der Waals surface area contributed by atoms with Crippen molar-refractivity contribution in [3.8, 4) is 17.0 Å². The highest BCUT2D eigenvalue weighted by Gasteiger charge is 2.53. The third kappa shape index (κ3) is 4.72. The van der Waals surface area contributed by atoms with Crippen LogP contribution in [0.15, 0.2) is 42.6 Å². The molecule has 6 rings (SSSR count). The van der Waals surface area contributed by atoms with Gasteiger partial charge < -0.3 is 25.7 Å². The van der Waals surface area contributed by atoms with E-state index in [9.17, 15) is 9.36 Å². The average molecular weight is 562 g/mol. The van der Waals surface area contributed by atoms with Gasteiger partial charge in [-0.1, -0.05) is 6.07 Å². The molecule has 2 fully saturated rings. The summed E-state index contributed by atoms with van der Waals surface area (Å²) in [7, 11) is 0.929. The Bertz CT molecular complexity index is 1620. The molecule has 13 heteroatoms. The van der Waals surface area contributed by atoms with E-state index in [0.29, 0.717) is 34.5 Å². The molecule has 3 heterocycles. The lowest BCUT2D eigenvalue weighted by molar-refractivity contribution is 0.0995. The number of primary amides is 1. The van der Waals surface area contributed by atoms with Gasteiger partial charge in [0, 0.05) is 48.8 Å². The zero-order valence-electron chi connectivity index (χ0n) is 22.7. The topological polar surface area (TPSA) is 155 Å². The number of nitrogens with two attached hydrogens (primary N) is 1. The van der Waals surface area contributed by atoms with Crippen LogP contribution in [-0.2, 0) is 18.2 Å². The van der Waals surface area contributed by atoms with Gasteiger partial charge in [0.05, 0.1) is 29.6 Å². The van der Waals surface area contributed by atoms with E-state index in [2.05, 4.69) is 25.9 Å². The lowest BCUT2D eigenvalue weighted by Gasteiger charge is -2.17. The third-order valence-electron chi connectivity index (χ3n) is 7.40. The molecule has 0 saturated heterocycles. The first-order chi connectivity index (χ1) is 19.3. The van der Waals surface area contributed by atoms with Crippen LogP contribution in [-0.4, -0.2) is 54.1 Å². The number of para-hydroxylation sites is 1. The molecule has 0 aliphatic heterocycles. The minimum absolute atomic E-state index is 0.0213. The maximum absolute atomic E-state index is 14.2. The van der Waals surface area contributed by atoms with E-state index in [-0.39, 0.29) is 17.0 Å². The highest BCUT2D eigenvalue weighted by Crippen LogP contribution is 2.69. The summed E-state index contributed by atoms with van der Waals surface area (Å²) in [4.78, 5) is 12.2. The van der Waals surface area contributed by atoms with Crippen LogP contribution >= 0.6 is 7.14 Å². The van der Waals surface area contributed by atoms with E-state index in [4.69, 9.17) is 15.6 Å². The van der Waals surface area contributed by atoms with Crippen molar-refractivity contribution in [2.45, 2.75) is 50.5 Å². The van der Waals surface area contributed by atoms with E-state index in [1.54, 1.807) is 22.5 Å². The molecule has 0 bridgehead atoms. The summed E-state index contributed by atoms with van der Waals surface area (Å²) in [5, 5.41) is 23.7. The van der Waals surface area contributed by atoms with Gasteiger partial charge >= 0.3 is 0 Å². The Morgan fingerprint density at radius 2 is 1.80 bits per heavy atom. The molecule has 0 unspecified atom stereocenters. The standard InChI is InChI=1S/C27H32N9O3P/c1-4-36-13-12-22(34-36)30-23-14-21(25(27(28)37)32-31-23)29-19-7-5-6-18(26(19)39-3)20-15-24(35(2)33-20)40(38,16-8-9-16)17-10-11-17/h5-7,12-17H,4,8-11H2,1-3H3,(H2,28,37)(H2,29,30,31,34). The predicted octanol–water partition coefficient (Wildman–Crippen LogP) is 4.00. The monoisotopic (exact) mass is 561 g/mol. The maximum atomic E-state index is 14.2. The number of amides is 1. The average Bonchev–Trinajstić information content (AvgIpc) is 3.88. The Morgan fingerprint density at radius 3 is 2.42 bits per heavy atom. The summed E-state index contributed by atoms with van der Waals surface area (Å²) in [6, 6.07) is 11.0. The van der Waals surface area contributed by atoms with Crippen LogP contribution in [0.3, 0.4) is 0 Å². The molecule has 12 nitrogen and oxygen atoms in total. The van der Waals surface area contributed by atoms with E-state index in [1.807, 2.05) is 50.5 Å². The number of anilines is 4. The summed E-state index contributed by atoms with van der Waals surface area (Å²) in [5.74, 6) is 0.767. The minimum atomic E-state index is -2.51. The second kappa shape index (κ2) is 10.1. The first kappa shape index (κ1) is 26.1. The number of hydrogen-bond donors (Lipinski definition) is 3. The summed E-state index contributed by atoms with van der Waals surface area (Å²) in [5.41, 5.74) is 9.33. The zero-order chi connectivity index (χ0) is 28.0. The van der Waals surface area contributed by atoms with Gasteiger partial charge in [-0.2, -0.15) is 10.2 Å². The summed E-state index contributed by atoms with van der Waals surface area (Å²) in [6.45, 7) is 2.72. The lowest BCUT2D eigenvalue weighted by Crippen LogP contribution is -2.20. The van der Waals surface area contributed by atoms with Gasteiger partial charge in [-0.3, -0.25) is 14.2 Å². The largest absolute Gasteiger partial charge is 0.494 e. The smallest absolute Gasteiger partial charge is 0.271 e. The fourth-order valence-corrected chi connectivity index (χ4v) is 9.17. The number of nitrogens with one attached hydrogen (secondary N) is 2. The highest BCUT2D eigenvalue weighted by molar-refractivity contribution is 7.73. The first-order valence-electron chi connectivity index (χ1n) is 13.4. The second-order valence-electron chi connectivity index (χ2n) is 10.2. The number of ether oxygens (including phenoxy) is 1. The van der Waals surface area contributed by atoms with Gasteiger partial charge in [-0.15, -0.1) is 10.2 Å². The zero-order valence-corrected chi connectivity index (χ0v) is 23.6. The number of nitrogens with zero attached hydrogens (tertiary/aromatic N) is 6. The number of aryl methyl sites for hydroxylation is 2. The Hall–Kier alpha value is -4.18. The number of hydrogen-bond acceptors (Lipinski definition) is 9. The molecule has 2 aliphatic carbocycles. The van der Waals surface area contributed by atoms with Gasteiger partial charge in [0.15, 0.2) is 23.1 Å². The van der Waals surface area contributed by atoms with Crippen molar-refractivity contribution in [1.29, 1.82) is 0 Å². The normalized spacial score (nSPS) is 15.2. The molecular formula is C27H32N9O3P. The van der Waals surface area contributed by atoms with Crippen LogP contribution < -0.4 is 26.5 Å². The molecule has 2 aliphatic rings. The second-order valence-corrected chi connectivity index (χ2v) is 13.6. The van der Waals surface area contributed by atoms with Crippen molar-refractivity contribution < 1.29 is 14.1 Å². The van der Waals surface area contributed by atoms with E-state index >= 15 is 0 Å². The number of carbonyl (C=O) groups excluding carboxylic acids is 1. The number of methoxy groups -OCH3 is 1. The Kier molecular flexibility index (Phi) is 6.58. The van der Waals surface area contributed by atoms with E-state index < -0.39 is 13.0 Å². The number of benzene rings is 1. The van der Waals surface area contributed by atoms with Crippen molar-refractivity contribution in [3.63, 3.8) is 0 Å². The van der Waals surface area contributed by atoms with Crippen molar-refractivity contribution in [2.75, 3.05) is 17.7 Å². The quantitative estimate of drug-likeness (QED) is 0.230. The summed E-state index contributed by atoms with van der Waals surface area (Å²) in [6.07, 6.45) is 5.94. The van der Waals surface area contributed by atoms with Gasteiger partial charge in [0.25, 0.3) is 5.91 Å². The van der Waals surface area contributed by atoms with Gasteiger partial charge in [0.2, 0.25) is 0 Å². The molecule has 0 spiro atoms. The van der Waals surface area contributed by atoms with Gasteiger partial charge in [-0.05, 0) is 50.8 Å². The van der Waals surface area contributed by atoms with Crippen LogP contribution in [0.2, 0.25) is 0 Å². The summed E-state index contributed by atoms with van der Waals surface area (Å²) < 4.78 is 23.6. The number of rotatable bonds is 11. The molecule has 4 aromatic rings. The summed E-state index contributed by atoms with van der Waals surface area (Å²) >= 11 is 0. The Morgan fingerprint density at radius 1 is 1.05 bits per heavy atom. The van der Waals surface area contributed by atoms with Crippen LogP contribution in [0.1, 0.15) is 43.1 Å². The fourth-order valence-electron chi connectivity index (χ4n) is 5.17. The highest BCUT2D eigenvalue weighted by atomic mass is 31.2. The van der Waals surface area contributed by atoms with Crippen LogP contribution in [0, 0.1) is 0 Å². The third-order valence-corrected chi connectivity index (χ3v) is 11.7. The van der Waals surface area contributed by atoms with E-state index in [0.717, 1.165) is 43.2 Å². The molecule has 0 radical (unpaired) electrons.